The van der Waals surface area contributed by atoms with Gasteiger partial charge in [0.15, 0.2) is 4.32 Å². The molecule has 3 rings (SSSR count). The molecule has 0 N–H and O–H groups in total. The van der Waals surface area contributed by atoms with Crippen molar-refractivity contribution in [1.29, 1.82) is 0 Å². The average molecular weight is 349 g/mol. The summed E-state index contributed by atoms with van der Waals surface area (Å²) in [6.45, 7) is 7.13. The van der Waals surface area contributed by atoms with E-state index in [9.17, 15) is 4.79 Å². The van der Waals surface area contributed by atoms with Crippen molar-refractivity contribution in [1.82, 2.24) is 4.90 Å². The highest BCUT2D eigenvalue weighted by Crippen LogP contribution is 2.47. The third-order valence-corrected chi connectivity index (χ3v) is 6.41. The Hall–Kier alpha value is -1.24. The van der Waals surface area contributed by atoms with Gasteiger partial charge in [0.05, 0.1) is 10.7 Å². The number of thiocarbonyl (C=S) groups is 1. The summed E-state index contributed by atoms with van der Waals surface area (Å²) >= 11 is 8.50. The Balaban J connectivity index is 2.00. The van der Waals surface area contributed by atoms with Gasteiger partial charge in [-0.05, 0) is 32.9 Å². The number of allylic oxidation sites excluding steroid dienone is 2. The number of amides is 1. The zero-order chi connectivity index (χ0) is 15.9. The summed E-state index contributed by atoms with van der Waals surface area (Å²) in [4.78, 5) is 18.7. The van der Waals surface area contributed by atoms with Crippen LogP contribution in [0.25, 0.3) is 0 Å². The molecule has 6 heteroatoms. The zero-order valence-electron chi connectivity index (χ0n) is 12.6. The van der Waals surface area contributed by atoms with E-state index in [4.69, 9.17) is 12.2 Å². The van der Waals surface area contributed by atoms with Crippen LogP contribution < -0.4 is 4.90 Å². The second-order valence-electron chi connectivity index (χ2n) is 4.97. The van der Waals surface area contributed by atoms with Crippen molar-refractivity contribution in [3.05, 3.63) is 50.9 Å². The summed E-state index contributed by atoms with van der Waals surface area (Å²) in [6, 6.07) is 9.58. The highest BCUT2D eigenvalue weighted by atomic mass is 32.2. The molecule has 1 fully saturated rings. The van der Waals surface area contributed by atoms with Crippen LogP contribution in [0.4, 0.5) is 5.69 Å². The molecule has 1 saturated heterocycles. The number of carbonyl (C=O) groups excluding carboxylic acids is 1. The van der Waals surface area contributed by atoms with E-state index in [1.165, 1.54) is 22.4 Å². The maximum Gasteiger partial charge on any atom is 0.273 e. The summed E-state index contributed by atoms with van der Waals surface area (Å²) in [5.41, 5.74) is 2.04. The maximum atomic E-state index is 12.9. The molecule has 114 valence electrons. The summed E-state index contributed by atoms with van der Waals surface area (Å²) in [7, 11) is 0. The minimum Gasteiger partial charge on any atom is -0.338 e. The molecule has 0 aromatic heterocycles. The van der Waals surface area contributed by atoms with Gasteiger partial charge in [0.1, 0.15) is 4.91 Å². The molecular weight excluding hydrogens is 332 g/mol. The fourth-order valence-corrected chi connectivity index (χ4v) is 5.08. The van der Waals surface area contributed by atoms with E-state index in [1.54, 1.807) is 16.7 Å². The first kappa shape index (κ1) is 15.6. The highest BCUT2D eigenvalue weighted by molar-refractivity contribution is 8.27. The lowest BCUT2D eigenvalue weighted by atomic mass is 10.3. The molecular formula is C16H16N2OS3. The molecule has 2 aliphatic heterocycles. The zero-order valence-corrected chi connectivity index (χ0v) is 15.1. The Morgan fingerprint density at radius 3 is 2.45 bits per heavy atom. The van der Waals surface area contributed by atoms with Crippen LogP contribution in [0.3, 0.4) is 0 Å². The van der Waals surface area contributed by atoms with E-state index in [-0.39, 0.29) is 5.91 Å². The molecule has 0 bridgehead atoms. The van der Waals surface area contributed by atoms with Crippen molar-refractivity contribution >= 4 is 51.7 Å². The number of hydrogen-bond acceptors (Lipinski definition) is 5. The third kappa shape index (κ3) is 2.49. The number of rotatable bonds is 2. The molecule has 0 aliphatic carbocycles. The van der Waals surface area contributed by atoms with E-state index in [0.29, 0.717) is 4.32 Å². The van der Waals surface area contributed by atoms with Gasteiger partial charge in [-0.1, -0.05) is 53.9 Å². The number of hydrogen-bond donors (Lipinski definition) is 0. The number of nitrogens with zero attached hydrogens (tertiary/aromatic N) is 2. The molecule has 0 atom stereocenters. The Labute approximate surface area is 144 Å². The summed E-state index contributed by atoms with van der Waals surface area (Å²) in [5, 5.41) is 1.01. The summed E-state index contributed by atoms with van der Waals surface area (Å²) in [6.07, 6.45) is 0. The molecule has 22 heavy (non-hydrogen) atoms. The molecule has 0 spiro atoms. The van der Waals surface area contributed by atoms with E-state index in [1.807, 2.05) is 30.3 Å². The Bertz CT molecular complexity index is 709. The van der Waals surface area contributed by atoms with Crippen LogP contribution in [0.2, 0.25) is 0 Å². The van der Waals surface area contributed by atoms with Gasteiger partial charge in [-0.3, -0.25) is 9.69 Å². The first-order chi connectivity index (χ1) is 10.5. The second-order valence-corrected chi connectivity index (χ2v) is 7.81. The predicted octanol–water partition coefficient (Wildman–Crippen LogP) is 4.54. The van der Waals surface area contributed by atoms with Crippen LogP contribution >= 0.6 is 35.7 Å². The minimum absolute atomic E-state index is 0.0235. The van der Waals surface area contributed by atoms with Gasteiger partial charge < -0.3 is 4.90 Å². The number of para-hydroxylation sites is 1. The van der Waals surface area contributed by atoms with Gasteiger partial charge in [-0.2, -0.15) is 0 Å². The van der Waals surface area contributed by atoms with Crippen LogP contribution in [0.1, 0.15) is 20.8 Å². The predicted molar refractivity (Wildman–Crippen MR) is 99.5 cm³/mol. The second kappa shape index (κ2) is 6.10. The average Bonchev–Trinajstić information content (AvgIpc) is 2.97. The number of carbonyl (C=O) groups is 1. The summed E-state index contributed by atoms with van der Waals surface area (Å²) < 4.78 is 0.595. The van der Waals surface area contributed by atoms with Gasteiger partial charge in [-0.25, -0.2) is 0 Å². The quantitative estimate of drug-likeness (QED) is 0.577. The SMILES string of the molecule is CCN1C(C)=C(C)S/C1=C1\SC(=S)N(c2ccccc2)C1=O. The fourth-order valence-electron chi connectivity index (χ4n) is 2.46. The van der Waals surface area contributed by atoms with E-state index in [0.717, 1.165) is 22.2 Å². The number of thioether (sulfide) groups is 2. The van der Waals surface area contributed by atoms with Crippen molar-refractivity contribution in [2.45, 2.75) is 20.8 Å². The standard InChI is InChI=1S/C16H16N2OS3/c1-4-17-10(2)11(3)21-15(17)13-14(19)18(16(20)22-13)12-8-6-5-7-9-12/h5-9H,4H2,1-3H3/b15-13-. The molecule has 1 amide bonds. The number of benzene rings is 1. The topological polar surface area (TPSA) is 23.6 Å². The van der Waals surface area contributed by atoms with Gasteiger partial charge in [-0.15, -0.1) is 0 Å². The van der Waals surface area contributed by atoms with Crippen LogP contribution in [-0.4, -0.2) is 21.7 Å². The van der Waals surface area contributed by atoms with Gasteiger partial charge in [0.25, 0.3) is 5.91 Å². The largest absolute Gasteiger partial charge is 0.338 e. The first-order valence-corrected chi connectivity index (χ1v) is 9.07. The number of anilines is 1. The maximum absolute atomic E-state index is 12.9. The lowest BCUT2D eigenvalue weighted by Gasteiger charge is -2.20. The van der Waals surface area contributed by atoms with Crippen molar-refractivity contribution in [3.8, 4) is 0 Å². The molecule has 0 saturated carbocycles. The molecule has 1 aromatic carbocycles. The Morgan fingerprint density at radius 1 is 1.14 bits per heavy atom. The van der Waals surface area contributed by atoms with Gasteiger partial charge >= 0.3 is 0 Å². The molecule has 1 aromatic rings. The molecule has 3 nitrogen and oxygen atoms in total. The first-order valence-electron chi connectivity index (χ1n) is 7.03. The van der Waals surface area contributed by atoms with E-state index >= 15 is 0 Å². The van der Waals surface area contributed by atoms with Crippen molar-refractivity contribution in [2.24, 2.45) is 0 Å². The minimum atomic E-state index is -0.0235. The van der Waals surface area contributed by atoms with Gasteiger partial charge in [0.2, 0.25) is 0 Å². The summed E-state index contributed by atoms with van der Waals surface area (Å²) in [5.74, 6) is -0.0235. The van der Waals surface area contributed by atoms with Crippen molar-refractivity contribution in [3.63, 3.8) is 0 Å². The third-order valence-electron chi connectivity index (χ3n) is 3.70. The van der Waals surface area contributed by atoms with Crippen molar-refractivity contribution < 1.29 is 4.79 Å². The smallest absolute Gasteiger partial charge is 0.273 e. The van der Waals surface area contributed by atoms with Gasteiger partial charge in [0, 0.05) is 17.1 Å². The van der Waals surface area contributed by atoms with E-state index in [2.05, 4.69) is 25.7 Å². The Kier molecular flexibility index (Phi) is 4.34. The molecule has 0 radical (unpaired) electrons. The highest BCUT2D eigenvalue weighted by Gasteiger charge is 2.38. The van der Waals surface area contributed by atoms with Crippen molar-refractivity contribution in [2.75, 3.05) is 11.4 Å². The lowest BCUT2D eigenvalue weighted by molar-refractivity contribution is -0.113. The monoisotopic (exact) mass is 348 g/mol. The molecule has 2 aliphatic rings. The van der Waals surface area contributed by atoms with Crippen LogP contribution in [0.15, 0.2) is 50.9 Å². The molecule has 2 heterocycles. The Morgan fingerprint density at radius 2 is 1.82 bits per heavy atom. The van der Waals surface area contributed by atoms with Crippen LogP contribution in [0.5, 0.6) is 0 Å². The lowest BCUT2D eigenvalue weighted by Crippen LogP contribution is -2.28. The van der Waals surface area contributed by atoms with Crippen LogP contribution in [0, 0.1) is 0 Å². The normalized spacial score (nSPS) is 22.3. The van der Waals surface area contributed by atoms with Crippen LogP contribution in [-0.2, 0) is 4.79 Å². The van der Waals surface area contributed by atoms with E-state index < -0.39 is 0 Å². The molecule has 0 unspecified atom stereocenters. The fraction of sp³-hybridized carbons (Fsp3) is 0.250.